The number of nitrogens with zero attached hydrogens (tertiary/aromatic N) is 3. The maximum atomic E-state index is 14.3. The number of carbonyl (C=O) groups excluding carboxylic acids is 1. The minimum absolute atomic E-state index is 0.117. The van der Waals surface area contributed by atoms with Crippen LogP contribution in [0.15, 0.2) is 54.4 Å². The molecule has 0 bridgehead atoms. The van der Waals surface area contributed by atoms with Crippen molar-refractivity contribution in [3.63, 3.8) is 0 Å². The number of fused-ring (bicyclic) bond motifs is 1. The minimum atomic E-state index is -0.343. The van der Waals surface area contributed by atoms with E-state index < -0.39 is 0 Å². The van der Waals surface area contributed by atoms with E-state index in [9.17, 15) is 9.18 Å². The number of halogens is 2. The molecule has 7 heteroatoms. The van der Waals surface area contributed by atoms with Crippen molar-refractivity contribution in [1.82, 2.24) is 14.4 Å². The summed E-state index contributed by atoms with van der Waals surface area (Å²) >= 11 is 11.6. The molecular weight excluding hydrogens is 409 g/mol. The van der Waals surface area contributed by atoms with Crippen molar-refractivity contribution in [2.24, 2.45) is 0 Å². The molecule has 4 nitrogen and oxygen atoms in total. The van der Waals surface area contributed by atoms with Crippen molar-refractivity contribution in [3.05, 3.63) is 76.3 Å². The summed E-state index contributed by atoms with van der Waals surface area (Å²) < 4.78 is 16.3. The molecule has 1 aliphatic heterocycles. The van der Waals surface area contributed by atoms with Crippen molar-refractivity contribution >= 4 is 51.8 Å². The van der Waals surface area contributed by atoms with Gasteiger partial charge in [0.2, 0.25) is 0 Å². The maximum absolute atomic E-state index is 14.3. The van der Waals surface area contributed by atoms with Crippen LogP contribution in [0.25, 0.3) is 17.0 Å². The highest BCUT2D eigenvalue weighted by atomic mass is 35.5. The van der Waals surface area contributed by atoms with Crippen LogP contribution in [0.5, 0.6) is 0 Å². The lowest BCUT2D eigenvalue weighted by molar-refractivity contribution is -0.122. The lowest BCUT2D eigenvalue weighted by atomic mass is 10.1. The van der Waals surface area contributed by atoms with Gasteiger partial charge in [-0.2, -0.15) is 0 Å². The number of rotatable bonds is 4. The summed E-state index contributed by atoms with van der Waals surface area (Å²) in [6.07, 6.45) is 3.76. The number of thiocarbonyl (C=S) groups is 1. The average molecular weight is 428 g/mol. The Morgan fingerprint density at radius 2 is 1.93 bits per heavy atom. The molecule has 0 atom stereocenters. The standard InChI is InChI=1S/C22H19ClFN3OS/c1-3-27-21(28)20(25(2)22(27)29)11-14-12-26(19-10-5-4-7-15(14)19)13-16-17(23)8-6-9-18(16)24/h4-12H,3,13H2,1-2H3. The molecule has 2 aromatic carbocycles. The van der Waals surface area contributed by atoms with Gasteiger partial charge in [0.15, 0.2) is 5.11 Å². The topological polar surface area (TPSA) is 28.5 Å². The maximum Gasteiger partial charge on any atom is 0.276 e. The highest BCUT2D eigenvalue weighted by Gasteiger charge is 2.34. The first-order chi connectivity index (χ1) is 13.9. The van der Waals surface area contributed by atoms with Crippen LogP contribution in [0.2, 0.25) is 5.02 Å². The van der Waals surface area contributed by atoms with Crippen molar-refractivity contribution in [2.45, 2.75) is 13.5 Å². The molecule has 2 heterocycles. The highest BCUT2D eigenvalue weighted by molar-refractivity contribution is 7.80. The Bertz CT molecular complexity index is 1150. The molecule has 3 aromatic rings. The third kappa shape index (κ3) is 3.32. The number of likely N-dealkylation sites (N-methyl/N-ethyl adjacent to an activating group) is 2. The second-order valence-corrected chi connectivity index (χ2v) is 7.62. The van der Waals surface area contributed by atoms with E-state index >= 15 is 0 Å². The zero-order valence-corrected chi connectivity index (χ0v) is 17.6. The first-order valence-corrected chi connectivity index (χ1v) is 10.0. The van der Waals surface area contributed by atoms with Gasteiger partial charge in [-0.3, -0.25) is 9.69 Å². The van der Waals surface area contributed by atoms with E-state index in [1.807, 2.05) is 48.0 Å². The molecule has 1 aliphatic rings. The fraction of sp³-hybridized carbons (Fsp3) is 0.182. The molecule has 0 aliphatic carbocycles. The van der Waals surface area contributed by atoms with Gasteiger partial charge in [-0.15, -0.1) is 0 Å². The van der Waals surface area contributed by atoms with E-state index in [-0.39, 0.29) is 11.7 Å². The largest absolute Gasteiger partial charge is 0.342 e. The van der Waals surface area contributed by atoms with Crippen LogP contribution in [0, 0.1) is 5.82 Å². The van der Waals surface area contributed by atoms with Crippen LogP contribution in [-0.4, -0.2) is 39.0 Å². The Hall–Kier alpha value is -2.70. The van der Waals surface area contributed by atoms with Gasteiger partial charge in [-0.25, -0.2) is 4.39 Å². The summed E-state index contributed by atoms with van der Waals surface area (Å²) in [5.41, 5.74) is 2.75. The predicted molar refractivity (Wildman–Crippen MR) is 118 cm³/mol. The summed E-state index contributed by atoms with van der Waals surface area (Å²) in [5.74, 6) is -0.459. The minimum Gasteiger partial charge on any atom is -0.342 e. The zero-order chi connectivity index (χ0) is 20.7. The van der Waals surface area contributed by atoms with Crippen molar-refractivity contribution < 1.29 is 9.18 Å². The molecule has 1 amide bonds. The van der Waals surface area contributed by atoms with Crippen LogP contribution in [0.1, 0.15) is 18.1 Å². The number of amides is 1. The molecule has 0 N–H and O–H groups in total. The van der Waals surface area contributed by atoms with Gasteiger partial charge in [0.25, 0.3) is 5.91 Å². The van der Waals surface area contributed by atoms with E-state index in [2.05, 4.69) is 0 Å². The third-order valence-corrected chi connectivity index (χ3v) is 6.01. The van der Waals surface area contributed by atoms with Crippen LogP contribution in [-0.2, 0) is 11.3 Å². The van der Waals surface area contributed by atoms with Crippen LogP contribution < -0.4 is 0 Å². The number of hydrogen-bond acceptors (Lipinski definition) is 2. The molecule has 4 rings (SSSR count). The summed E-state index contributed by atoms with van der Waals surface area (Å²) in [4.78, 5) is 16.0. The molecule has 1 aromatic heterocycles. The molecule has 0 spiro atoms. The zero-order valence-electron chi connectivity index (χ0n) is 16.0. The summed E-state index contributed by atoms with van der Waals surface area (Å²) in [7, 11) is 1.79. The van der Waals surface area contributed by atoms with Crippen LogP contribution in [0.4, 0.5) is 4.39 Å². The van der Waals surface area contributed by atoms with E-state index in [0.29, 0.717) is 34.5 Å². The van der Waals surface area contributed by atoms with Gasteiger partial charge in [0.1, 0.15) is 11.5 Å². The molecule has 1 fully saturated rings. The molecule has 0 saturated carbocycles. The van der Waals surface area contributed by atoms with Gasteiger partial charge in [-0.1, -0.05) is 35.9 Å². The lowest BCUT2D eigenvalue weighted by Crippen LogP contribution is -2.30. The summed E-state index contributed by atoms with van der Waals surface area (Å²) in [6.45, 7) is 2.70. The number of carbonyl (C=O) groups is 1. The highest BCUT2D eigenvalue weighted by Crippen LogP contribution is 2.29. The Labute approximate surface area is 178 Å². The number of benzene rings is 2. The quantitative estimate of drug-likeness (QED) is 0.438. The van der Waals surface area contributed by atoms with Crippen LogP contribution in [0.3, 0.4) is 0 Å². The predicted octanol–water partition coefficient (Wildman–Crippen LogP) is 4.90. The molecular formula is C22H19ClFN3OS. The SMILES string of the molecule is CCN1C(=O)C(=Cc2cn(Cc3c(F)cccc3Cl)c3ccccc23)N(C)C1=S. The molecule has 1 saturated heterocycles. The lowest BCUT2D eigenvalue weighted by Gasteiger charge is -2.13. The fourth-order valence-corrected chi connectivity index (χ4v) is 4.15. The Morgan fingerprint density at radius 3 is 2.62 bits per heavy atom. The third-order valence-electron chi connectivity index (χ3n) is 5.16. The van der Waals surface area contributed by atoms with Crippen molar-refractivity contribution in [2.75, 3.05) is 13.6 Å². The van der Waals surface area contributed by atoms with Crippen molar-refractivity contribution in [1.29, 1.82) is 0 Å². The smallest absolute Gasteiger partial charge is 0.276 e. The molecule has 0 unspecified atom stereocenters. The average Bonchev–Trinajstić information content (AvgIpc) is 3.15. The Morgan fingerprint density at radius 1 is 1.17 bits per heavy atom. The van der Waals surface area contributed by atoms with Gasteiger partial charge >= 0.3 is 0 Å². The monoisotopic (exact) mass is 427 g/mol. The number of aromatic nitrogens is 1. The summed E-state index contributed by atoms with van der Waals surface area (Å²) in [6, 6.07) is 12.5. The van der Waals surface area contributed by atoms with Gasteiger partial charge in [0, 0.05) is 46.8 Å². The van der Waals surface area contributed by atoms with Crippen molar-refractivity contribution in [3.8, 4) is 0 Å². The summed E-state index contributed by atoms with van der Waals surface area (Å²) in [5, 5.41) is 1.84. The fourth-order valence-electron chi connectivity index (χ4n) is 3.61. The molecule has 0 radical (unpaired) electrons. The van der Waals surface area contributed by atoms with E-state index in [4.69, 9.17) is 23.8 Å². The van der Waals surface area contributed by atoms with Gasteiger partial charge < -0.3 is 9.47 Å². The van der Waals surface area contributed by atoms with Crippen LogP contribution >= 0.6 is 23.8 Å². The second-order valence-electron chi connectivity index (χ2n) is 6.85. The van der Waals surface area contributed by atoms with Gasteiger partial charge in [0.05, 0.1) is 6.54 Å². The molecule has 148 valence electrons. The van der Waals surface area contributed by atoms with E-state index in [1.165, 1.54) is 6.07 Å². The second kappa shape index (κ2) is 7.61. The number of hydrogen-bond donors (Lipinski definition) is 0. The Balaban J connectivity index is 1.82. The van der Waals surface area contributed by atoms with Gasteiger partial charge in [-0.05, 0) is 43.4 Å². The number of para-hydroxylation sites is 1. The van der Waals surface area contributed by atoms with E-state index in [1.54, 1.807) is 29.0 Å². The first kappa shape index (κ1) is 19.6. The Kier molecular flexibility index (Phi) is 5.15. The molecule has 29 heavy (non-hydrogen) atoms. The normalized spacial score (nSPS) is 15.9. The first-order valence-electron chi connectivity index (χ1n) is 9.24. The van der Waals surface area contributed by atoms with E-state index in [0.717, 1.165) is 16.5 Å².